The highest BCUT2D eigenvalue weighted by Crippen LogP contribution is 2.35. The van der Waals surface area contributed by atoms with Gasteiger partial charge < -0.3 is 9.64 Å². The maximum absolute atomic E-state index is 6.03. The maximum Gasteiger partial charge on any atom is 0.0605 e. The predicted molar refractivity (Wildman–Crippen MR) is 95.2 cm³/mol. The summed E-state index contributed by atoms with van der Waals surface area (Å²) in [5, 5.41) is 0. The molecule has 2 aliphatic rings. The maximum atomic E-state index is 6.03. The first-order valence-corrected chi connectivity index (χ1v) is 9.89. The third kappa shape index (κ3) is 5.23. The number of ether oxygens (including phenoxy) is 1. The lowest BCUT2D eigenvalue weighted by Crippen LogP contribution is -2.46. The van der Waals surface area contributed by atoms with Gasteiger partial charge in [0.1, 0.15) is 0 Å². The van der Waals surface area contributed by atoms with E-state index in [1.54, 1.807) is 0 Å². The van der Waals surface area contributed by atoms with Gasteiger partial charge in [-0.25, -0.2) is 0 Å². The minimum Gasteiger partial charge on any atom is -0.375 e. The first-order valence-electron chi connectivity index (χ1n) is 9.89. The molecule has 2 nitrogen and oxygen atoms in total. The minimum atomic E-state index is 0.375. The van der Waals surface area contributed by atoms with Crippen molar-refractivity contribution in [1.82, 2.24) is 4.90 Å². The lowest BCUT2D eigenvalue weighted by atomic mass is 9.75. The van der Waals surface area contributed by atoms with Crippen LogP contribution >= 0.6 is 0 Å². The SMILES string of the molecule is CCC(C)C1CCC(CN2CCC(OC(C)C)CC2C)CC1. The van der Waals surface area contributed by atoms with Crippen LogP contribution in [0.3, 0.4) is 0 Å². The van der Waals surface area contributed by atoms with Crippen molar-refractivity contribution in [3.05, 3.63) is 0 Å². The van der Waals surface area contributed by atoms with Crippen LogP contribution in [-0.4, -0.2) is 36.2 Å². The molecule has 1 aliphatic heterocycles. The van der Waals surface area contributed by atoms with Crippen molar-refractivity contribution in [2.75, 3.05) is 13.1 Å². The van der Waals surface area contributed by atoms with E-state index < -0.39 is 0 Å². The molecule has 2 rings (SSSR count). The second-order valence-corrected chi connectivity index (χ2v) is 8.34. The van der Waals surface area contributed by atoms with Gasteiger partial charge in [0.2, 0.25) is 0 Å². The van der Waals surface area contributed by atoms with Crippen LogP contribution in [0.25, 0.3) is 0 Å². The Morgan fingerprint density at radius 3 is 2.27 bits per heavy atom. The molecule has 22 heavy (non-hydrogen) atoms. The molecular weight excluding hydrogens is 270 g/mol. The van der Waals surface area contributed by atoms with E-state index >= 15 is 0 Å². The Labute approximate surface area is 139 Å². The third-order valence-corrected chi connectivity index (χ3v) is 6.26. The number of hydrogen-bond donors (Lipinski definition) is 0. The molecule has 0 aromatic heterocycles. The zero-order valence-corrected chi connectivity index (χ0v) is 15.7. The van der Waals surface area contributed by atoms with Gasteiger partial charge in [-0.2, -0.15) is 0 Å². The molecule has 0 amide bonds. The third-order valence-electron chi connectivity index (χ3n) is 6.26. The zero-order chi connectivity index (χ0) is 16.1. The van der Waals surface area contributed by atoms with Gasteiger partial charge in [0.25, 0.3) is 0 Å². The molecule has 0 aromatic carbocycles. The second kappa shape index (κ2) is 8.68. The van der Waals surface area contributed by atoms with Gasteiger partial charge in [0.05, 0.1) is 12.2 Å². The van der Waals surface area contributed by atoms with Crippen molar-refractivity contribution in [2.45, 2.75) is 97.8 Å². The first kappa shape index (κ1) is 18.3. The molecule has 3 atom stereocenters. The molecule has 3 unspecified atom stereocenters. The molecule has 0 spiro atoms. The van der Waals surface area contributed by atoms with Crippen molar-refractivity contribution < 1.29 is 4.74 Å². The van der Waals surface area contributed by atoms with E-state index in [-0.39, 0.29) is 0 Å². The largest absolute Gasteiger partial charge is 0.375 e. The molecule has 1 saturated heterocycles. The Hall–Kier alpha value is -0.0800. The van der Waals surface area contributed by atoms with Gasteiger partial charge in [0, 0.05) is 19.1 Å². The lowest BCUT2D eigenvalue weighted by molar-refractivity contribution is -0.0452. The molecule has 0 N–H and O–H groups in total. The van der Waals surface area contributed by atoms with Gasteiger partial charge >= 0.3 is 0 Å². The normalized spacial score (nSPS) is 35.7. The summed E-state index contributed by atoms with van der Waals surface area (Å²) in [5.74, 6) is 2.89. The van der Waals surface area contributed by atoms with Gasteiger partial charge in [-0.3, -0.25) is 0 Å². The van der Waals surface area contributed by atoms with Crippen LogP contribution in [0.4, 0.5) is 0 Å². The van der Waals surface area contributed by atoms with Gasteiger partial charge in [0.15, 0.2) is 0 Å². The molecule has 1 saturated carbocycles. The Morgan fingerprint density at radius 1 is 1.05 bits per heavy atom. The van der Waals surface area contributed by atoms with Crippen LogP contribution in [0.2, 0.25) is 0 Å². The molecular formula is C20H39NO. The molecule has 130 valence electrons. The van der Waals surface area contributed by atoms with Crippen molar-refractivity contribution in [3.63, 3.8) is 0 Å². The standard InChI is InChI=1S/C20H39NO/c1-6-16(4)19-9-7-18(8-10-19)14-21-12-11-20(13-17(21)5)22-15(2)3/h15-20H,6-14H2,1-5H3. The fourth-order valence-electron chi connectivity index (χ4n) is 4.56. The summed E-state index contributed by atoms with van der Waals surface area (Å²) in [6, 6.07) is 0.699. The van der Waals surface area contributed by atoms with E-state index in [1.165, 1.54) is 58.0 Å². The van der Waals surface area contributed by atoms with Crippen LogP contribution in [0.5, 0.6) is 0 Å². The quantitative estimate of drug-likeness (QED) is 0.675. The lowest BCUT2D eigenvalue weighted by Gasteiger charge is -2.41. The van der Waals surface area contributed by atoms with Crippen LogP contribution in [-0.2, 0) is 4.74 Å². The van der Waals surface area contributed by atoms with E-state index in [4.69, 9.17) is 4.74 Å². The average Bonchev–Trinajstić information content (AvgIpc) is 2.49. The predicted octanol–water partition coefficient (Wildman–Crippen LogP) is 5.12. The number of likely N-dealkylation sites (tertiary alicyclic amines) is 1. The number of hydrogen-bond acceptors (Lipinski definition) is 2. The smallest absolute Gasteiger partial charge is 0.0605 e. The van der Waals surface area contributed by atoms with E-state index in [0.29, 0.717) is 18.2 Å². The summed E-state index contributed by atoms with van der Waals surface area (Å²) in [5.41, 5.74) is 0. The fraction of sp³-hybridized carbons (Fsp3) is 1.00. The van der Waals surface area contributed by atoms with E-state index in [0.717, 1.165) is 17.8 Å². The summed E-state index contributed by atoms with van der Waals surface area (Å²) in [6.07, 6.45) is 10.5. The summed E-state index contributed by atoms with van der Waals surface area (Å²) in [6.45, 7) is 14.1. The summed E-state index contributed by atoms with van der Waals surface area (Å²) < 4.78 is 6.03. The first-order chi connectivity index (χ1) is 10.5. The van der Waals surface area contributed by atoms with Crippen molar-refractivity contribution in [2.24, 2.45) is 17.8 Å². The topological polar surface area (TPSA) is 12.5 Å². The van der Waals surface area contributed by atoms with Crippen LogP contribution in [0.15, 0.2) is 0 Å². The molecule has 1 heterocycles. The molecule has 0 aromatic rings. The molecule has 2 heteroatoms. The minimum absolute atomic E-state index is 0.375. The molecule has 1 aliphatic carbocycles. The molecule has 2 fully saturated rings. The number of piperidine rings is 1. The van der Waals surface area contributed by atoms with Crippen molar-refractivity contribution >= 4 is 0 Å². The molecule has 0 radical (unpaired) electrons. The van der Waals surface area contributed by atoms with Crippen molar-refractivity contribution in [3.8, 4) is 0 Å². The Morgan fingerprint density at radius 2 is 1.73 bits per heavy atom. The fourth-order valence-corrected chi connectivity index (χ4v) is 4.56. The summed E-state index contributed by atoms with van der Waals surface area (Å²) in [7, 11) is 0. The second-order valence-electron chi connectivity index (χ2n) is 8.34. The van der Waals surface area contributed by atoms with E-state index in [2.05, 4.69) is 39.5 Å². The number of rotatable bonds is 6. The molecule has 0 bridgehead atoms. The van der Waals surface area contributed by atoms with Gasteiger partial charge in [-0.05, 0) is 77.0 Å². The zero-order valence-electron chi connectivity index (χ0n) is 15.7. The average molecular weight is 310 g/mol. The Kier molecular flexibility index (Phi) is 7.21. The van der Waals surface area contributed by atoms with Crippen molar-refractivity contribution in [1.29, 1.82) is 0 Å². The van der Waals surface area contributed by atoms with E-state index in [1.807, 2.05) is 0 Å². The van der Waals surface area contributed by atoms with E-state index in [9.17, 15) is 0 Å². The highest BCUT2D eigenvalue weighted by molar-refractivity contribution is 4.83. The highest BCUT2D eigenvalue weighted by atomic mass is 16.5. The Bertz CT molecular complexity index is 309. The summed E-state index contributed by atoms with van der Waals surface area (Å²) in [4.78, 5) is 2.74. The Balaban J connectivity index is 1.72. The van der Waals surface area contributed by atoms with Gasteiger partial charge in [-0.1, -0.05) is 20.3 Å². The monoisotopic (exact) mass is 309 g/mol. The highest BCUT2D eigenvalue weighted by Gasteiger charge is 2.30. The van der Waals surface area contributed by atoms with Crippen LogP contribution in [0, 0.1) is 17.8 Å². The van der Waals surface area contributed by atoms with Gasteiger partial charge in [-0.15, -0.1) is 0 Å². The van der Waals surface area contributed by atoms with Crippen LogP contribution in [0.1, 0.15) is 79.6 Å². The van der Waals surface area contributed by atoms with Crippen LogP contribution < -0.4 is 0 Å². The summed E-state index contributed by atoms with van der Waals surface area (Å²) >= 11 is 0. The number of nitrogens with zero attached hydrogens (tertiary/aromatic N) is 1.